The molecule has 1 fully saturated rings. The Kier molecular flexibility index (Phi) is 4.76. The number of hydrogen-bond acceptors (Lipinski definition) is 4. The van der Waals surface area contributed by atoms with E-state index in [1.165, 1.54) is 12.8 Å². The Morgan fingerprint density at radius 2 is 2.16 bits per heavy atom. The van der Waals surface area contributed by atoms with Crippen molar-refractivity contribution in [2.24, 2.45) is 5.92 Å². The van der Waals surface area contributed by atoms with Crippen LogP contribution in [0.4, 0.5) is 5.82 Å². The number of aromatic nitrogens is 1. The van der Waals surface area contributed by atoms with Gasteiger partial charge in [-0.25, -0.2) is 18.1 Å². The fourth-order valence-electron chi connectivity index (χ4n) is 1.87. The molecule has 106 valence electrons. The highest BCUT2D eigenvalue weighted by atomic mass is 32.2. The van der Waals surface area contributed by atoms with Crippen molar-refractivity contribution in [2.45, 2.75) is 37.5 Å². The van der Waals surface area contributed by atoms with Crippen molar-refractivity contribution in [3.8, 4) is 0 Å². The van der Waals surface area contributed by atoms with Crippen LogP contribution in [0.25, 0.3) is 0 Å². The molecule has 0 atom stereocenters. The monoisotopic (exact) mass is 283 g/mol. The van der Waals surface area contributed by atoms with Gasteiger partial charge in [-0.3, -0.25) is 0 Å². The third kappa shape index (κ3) is 4.18. The summed E-state index contributed by atoms with van der Waals surface area (Å²) in [5.74, 6) is 1.15. The van der Waals surface area contributed by atoms with Gasteiger partial charge in [0, 0.05) is 19.3 Å². The van der Waals surface area contributed by atoms with Gasteiger partial charge in [0.1, 0.15) is 10.7 Å². The molecule has 6 heteroatoms. The summed E-state index contributed by atoms with van der Waals surface area (Å²) in [4.78, 5) is 4.34. The molecule has 0 radical (unpaired) electrons. The summed E-state index contributed by atoms with van der Waals surface area (Å²) in [6.45, 7) is 3.24. The van der Waals surface area contributed by atoms with Crippen molar-refractivity contribution < 1.29 is 8.42 Å². The predicted molar refractivity (Wildman–Crippen MR) is 75.5 cm³/mol. The van der Waals surface area contributed by atoms with Gasteiger partial charge in [-0.15, -0.1) is 0 Å². The molecule has 1 aliphatic rings. The molecular formula is C13H21N3O2S. The summed E-state index contributed by atoms with van der Waals surface area (Å²) in [5.41, 5.74) is 0. The van der Waals surface area contributed by atoms with Gasteiger partial charge >= 0.3 is 0 Å². The van der Waals surface area contributed by atoms with Gasteiger partial charge in [-0.2, -0.15) is 0 Å². The number of rotatable bonds is 8. The van der Waals surface area contributed by atoms with Crippen LogP contribution >= 0.6 is 0 Å². The second-order valence-electron chi connectivity index (χ2n) is 4.91. The largest absolute Gasteiger partial charge is 0.369 e. The van der Waals surface area contributed by atoms with E-state index in [1.807, 2.05) is 6.92 Å². The van der Waals surface area contributed by atoms with Crippen molar-refractivity contribution in [1.29, 1.82) is 0 Å². The zero-order chi connectivity index (χ0) is 13.7. The third-order valence-corrected chi connectivity index (χ3v) is 4.64. The Bertz CT molecular complexity index is 512. The lowest BCUT2D eigenvalue weighted by atomic mass is 10.3. The quantitative estimate of drug-likeness (QED) is 0.765. The highest BCUT2D eigenvalue weighted by Gasteiger charge is 2.23. The van der Waals surface area contributed by atoms with Gasteiger partial charge in [0.05, 0.1) is 0 Å². The van der Waals surface area contributed by atoms with Crippen molar-refractivity contribution in [2.75, 3.05) is 18.4 Å². The van der Waals surface area contributed by atoms with E-state index in [9.17, 15) is 8.42 Å². The SMILES string of the molecule is CCCNc1ncccc1S(=O)(=O)NCCC1CC1. The fourth-order valence-corrected chi connectivity index (χ4v) is 3.04. The van der Waals surface area contributed by atoms with Crippen molar-refractivity contribution in [1.82, 2.24) is 9.71 Å². The maximum Gasteiger partial charge on any atom is 0.244 e. The molecule has 0 bridgehead atoms. The summed E-state index contributed by atoms with van der Waals surface area (Å²) < 4.78 is 27.1. The summed E-state index contributed by atoms with van der Waals surface area (Å²) in [6, 6.07) is 3.23. The second-order valence-corrected chi connectivity index (χ2v) is 6.64. The van der Waals surface area contributed by atoms with Crippen LogP contribution in [-0.2, 0) is 10.0 Å². The molecule has 0 saturated heterocycles. The molecule has 2 N–H and O–H groups in total. The molecule has 1 aliphatic carbocycles. The number of sulfonamides is 1. The third-order valence-electron chi connectivity index (χ3n) is 3.14. The first kappa shape index (κ1) is 14.3. The molecule has 0 amide bonds. The Morgan fingerprint density at radius 1 is 1.37 bits per heavy atom. The zero-order valence-electron chi connectivity index (χ0n) is 11.2. The minimum absolute atomic E-state index is 0.235. The van der Waals surface area contributed by atoms with Crippen LogP contribution in [0.5, 0.6) is 0 Å². The molecular weight excluding hydrogens is 262 g/mol. The Labute approximate surface area is 114 Å². The number of nitrogens with one attached hydrogen (secondary N) is 2. The van der Waals surface area contributed by atoms with E-state index in [1.54, 1.807) is 18.3 Å². The number of nitrogens with zero attached hydrogens (tertiary/aromatic N) is 1. The minimum atomic E-state index is -3.46. The number of pyridine rings is 1. The molecule has 0 aromatic carbocycles. The van der Waals surface area contributed by atoms with Crippen LogP contribution in [-0.4, -0.2) is 26.5 Å². The minimum Gasteiger partial charge on any atom is -0.369 e. The van der Waals surface area contributed by atoms with Gasteiger partial charge in [0.2, 0.25) is 10.0 Å². The number of anilines is 1. The van der Waals surface area contributed by atoms with E-state index < -0.39 is 10.0 Å². The summed E-state index contributed by atoms with van der Waals surface area (Å²) in [7, 11) is -3.46. The summed E-state index contributed by atoms with van der Waals surface area (Å²) >= 11 is 0. The first-order valence-corrected chi connectivity index (χ1v) is 8.30. The summed E-state index contributed by atoms with van der Waals surface area (Å²) in [6.07, 6.45) is 5.92. The van der Waals surface area contributed by atoms with Gasteiger partial charge < -0.3 is 5.32 Å². The molecule has 1 aromatic rings. The van der Waals surface area contributed by atoms with Crippen LogP contribution in [0.2, 0.25) is 0 Å². The average molecular weight is 283 g/mol. The van der Waals surface area contributed by atoms with Gasteiger partial charge in [0.25, 0.3) is 0 Å². The molecule has 19 heavy (non-hydrogen) atoms. The topological polar surface area (TPSA) is 71.1 Å². The molecule has 0 unspecified atom stereocenters. The smallest absolute Gasteiger partial charge is 0.244 e. The highest BCUT2D eigenvalue weighted by molar-refractivity contribution is 7.89. The second kappa shape index (κ2) is 6.34. The maximum absolute atomic E-state index is 12.2. The molecule has 1 heterocycles. The van der Waals surface area contributed by atoms with E-state index in [2.05, 4.69) is 15.0 Å². The lowest BCUT2D eigenvalue weighted by Crippen LogP contribution is -2.26. The van der Waals surface area contributed by atoms with Crippen molar-refractivity contribution in [3.05, 3.63) is 18.3 Å². The molecule has 1 aromatic heterocycles. The normalized spacial score (nSPS) is 15.4. The molecule has 5 nitrogen and oxygen atoms in total. The van der Waals surface area contributed by atoms with Crippen LogP contribution in [0.3, 0.4) is 0 Å². The van der Waals surface area contributed by atoms with Gasteiger partial charge in [0.15, 0.2) is 0 Å². The van der Waals surface area contributed by atoms with Crippen molar-refractivity contribution >= 4 is 15.8 Å². The Balaban J connectivity index is 2.04. The zero-order valence-corrected chi connectivity index (χ0v) is 12.0. The lowest BCUT2D eigenvalue weighted by molar-refractivity contribution is 0.575. The van der Waals surface area contributed by atoms with Gasteiger partial charge in [-0.05, 0) is 30.9 Å². The summed E-state index contributed by atoms with van der Waals surface area (Å²) in [5, 5.41) is 3.05. The maximum atomic E-state index is 12.2. The van der Waals surface area contributed by atoms with E-state index >= 15 is 0 Å². The van der Waals surface area contributed by atoms with Crippen molar-refractivity contribution in [3.63, 3.8) is 0 Å². The molecule has 2 rings (SSSR count). The molecule has 0 spiro atoms. The number of hydrogen-bond donors (Lipinski definition) is 2. The van der Waals surface area contributed by atoms with E-state index in [0.29, 0.717) is 24.8 Å². The standard InChI is InChI=1S/C13H21N3O2S/c1-2-8-14-13-12(4-3-9-15-13)19(17,18)16-10-7-11-5-6-11/h3-4,9,11,16H,2,5-8,10H2,1H3,(H,14,15). The van der Waals surface area contributed by atoms with Crippen LogP contribution in [0, 0.1) is 5.92 Å². The fraction of sp³-hybridized carbons (Fsp3) is 0.615. The van der Waals surface area contributed by atoms with Crippen LogP contribution in [0.15, 0.2) is 23.2 Å². The Hall–Kier alpha value is -1.14. The molecule has 1 saturated carbocycles. The first-order valence-electron chi connectivity index (χ1n) is 6.82. The average Bonchev–Trinajstić information content (AvgIpc) is 3.20. The highest BCUT2D eigenvalue weighted by Crippen LogP contribution is 2.31. The lowest BCUT2D eigenvalue weighted by Gasteiger charge is -2.11. The van der Waals surface area contributed by atoms with Crippen LogP contribution in [0.1, 0.15) is 32.6 Å². The van der Waals surface area contributed by atoms with E-state index in [-0.39, 0.29) is 4.90 Å². The molecule has 0 aliphatic heterocycles. The van der Waals surface area contributed by atoms with Gasteiger partial charge in [-0.1, -0.05) is 19.8 Å². The Morgan fingerprint density at radius 3 is 2.84 bits per heavy atom. The van der Waals surface area contributed by atoms with Crippen LogP contribution < -0.4 is 10.0 Å². The first-order chi connectivity index (χ1) is 9.13. The van der Waals surface area contributed by atoms with E-state index in [4.69, 9.17) is 0 Å². The predicted octanol–water partition coefficient (Wildman–Crippen LogP) is 1.98. The van der Waals surface area contributed by atoms with E-state index in [0.717, 1.165) is 12.8 Å².